The van der Waals surface area contributed by atoms with Gasteiger partial charge in [0.05, 0.1) is 0 Å². The number of hydrogen-bond acceptors (Lipinski definition) is 2. The van der Waals surface area contributed by atoms with Crippen LogP contribution >= 0.6 is 0 Å². The van der Waals surface area contributed by atoms with Crippen molar-refractivity contribution in [3.05, 3.63) is 30.3 Å². The van der Waals surface area contributed by atoms with E-state index in [2.05, 4.69) is 25.2 Å². The average molecular weight is 228 g/mol. The van der Waals surface area contributed by atoms with Crippen LogP contribution in [0.4, 0.5) is 0 Å². The Bertz CT molecular complexity index is 240. The molecule has 1 atom stereocenters. The van der Waals surface area contributed by atoms with E-state index in [1.54, 1.807) is 0 Å². The second kappa shape index (κ2) is 5.51. The molecule has 1 rings (SSSR count). The molecule has 1 aromatic rings. The van der Waals surface area contributed by atoms with E-state index < -0.39 is 18.3 Å². The van der Waals surface area contributed by atoms with Gasteiger partial charge in [-0.15, -0.1) is 0 Å². The molecule has 0 spiro atoms. The summed E-state index contributed by atoms with van der Waals surface area (Å²) in [6, 6.07) is 10.3. The third-order valence-corrected chi connectivity index (χ3v) is 7.49. The first-order chi connectivity index (χ1) is 6.24. The van der Waals surface area contributed by atoms with Crippen molar-refractivity contribution in [2.75, 3.05) is 0 Å². The maximum Gasteiger partial charge on any atom is 0.334 e. The van der Waals surface area contributed by atoms with Gasteiger partial charge in [0.2, 0.25) is 0 Å². The van der Waals surface area contributed by atoms with Crippen LogP contribution in [0.25, 0.3) is 0 Å². The van der Waals surface area contributed by atoms with Crippen LogP contribution in [-0.2, 0) is 8.23 Å². The smallest absolute Gasteiger partial charge is 0.334 e. The summed E-state index contributed by atoms with van der Waals surface area (Å²) < 4.78 is 11.4. The summed E-state index contributed by atoms with van der Waals surface area (Å²) in [4.78, 5) is 0. The van der Waals surface area contributed by atoms with Gasteiger partial charge in [-0.05, 0) is 18.3 Å². The highest BCUT2D eigenvalue weighted by atomic mass is 28.4. The van der Waals surface area contributed by atoms with Gasteiger partial charge in [0.25, 0.3) is 0 Å². The summed E-state index contributed by atoms with van der Waals surface area (Å²) in [6.45, 7) is 4.37. The molecule has 1 aromatic carbocycles. The average Bonchev–Trinajstić information content (AvgIpc) is 2.15. The molecule has 72 valence electrons. The summed E-state index contributed by atoms with van der Waals surface area (Å²) >= 11 is 0. The predicted molar refractivity (Wildman–Crippen MR) is 64.2 cm³/mol. The fourth-order valence-corrected chi connectivity index (χ4v) is 6.80. The van der Waals surface area contributed by atoms with Crippen molar-refractivity contribution in [3.8, 4) is 0 Å². The Hall–Kier alpha value is -0.209. The molecule has 0 fully saturated rings. The van der Waals surface area contributed by atoms with Crippen LogP contribution in [0.3, 0.4) is 0 Å². The number of rotatable bonds is 4. The van der Waals surface area contributed by atoms with Gasteiger partial charge >= 0.3 is 9.28 Å². The molecule has 0 radical (unpaired) electrons. The van der Waals surface area contributed by atoms with Crippen molar-refractivity contribution in [1.29, 1.82) is 0 Å². The molecule has 0 bridgehead atoms. The van der Waals surface area contributed by atoms with Gasteiger partial charge < -0.3 is 8.23 Å². The standard InChI is InChI=1S/C8H16O2Si3/c1-12(2)10-13(9-11)8-6-4-3-5-7-8/h3-7,12-13H,1-2,11H3. The molecule has 0 saturated heterocycles. The quantitative estimate of drug-likeness (QED) is 0.642. The Morgan fingerprint density at radius 3 is 2.23 bits per heavy atom. The van der Waals surface area contributed by atoms with Crippen molar-refractivity contribution < 1.29 is 8.23 Å². The zero-order valence-electron chi connectivity index (χ0n) is 8.36. The lowest BCUT2D eigenvalue weighted by atomic mass is 10.4. The number of benzene rings is 1. The van der Waals surface area contributed by atoms with E-state index in [0.717, 1.165) is 10.5 Å². The van der Waals surface area contributed by atoms with E-state index in [0.29, 0.717) is 0 Å². The Morgan fingerprint density at radius 2 is 1.77 bits per heavy atom. The summed E-state index contributed by atoms with van der Waals surface area (Å²) in [5.74, 6) is 0. The third-order valence-electron chi connectivity index (χ3n) is 1.68. The monoisotopic (exact) mass is 228 g/mol. The summed E-state index contributed by atoms with van der Waals surface area (Å²) in [7, 11) is -1.69. The summed E-state index contributed by atoms with van der Waals surface area (Å²) in [6.07, 6.45) is 0. The van der Waals surface area contributed by atoms with Crippen LogP contribution < -0.4 is 5.19 Å². The Morgan fingerprint density at radius 1 is 1.15 bits per heavy atom. The minimum Gasteiger partial charge on any atom is -0.444 e. The zero-order chi connectivity index (χ0) is 9.68. The van der Waals surface area contributed by atoms with Crippen molar-refractivity contribution in [1.82, 2.24) is 0 Å². The molecule has 13 heavy (non-hydrogen) atoms. The molecule has 0 aliphatic heterocycles. The Labute approximate surface area is 86.0 Å². The molecule has 0 heterocycles. The van der Waals surface area contributed by atoms with Crippen LogP contribution in [0.2, 0.25) is 13.1 Å². The van der Waals surface area contributed by atoms with Gasteiger partial charge in [-0.3, -0.25) is 0 Å². The Balaban J connectivity index is 2.67. The molecule has 0 aliphatic rings. The topological polar surface area (TPSA) is 18.5 Å². The molecular weight excluding hydrogens is 212 g/mol. The largest absolute Gasteiger partial charge is 0.444 e. The lowest BCUT2D eigenvalue weighted by Crippen LogP contribution is -2.39. The van der Waals surface area contributed by atoms with Crippen LogP contribution in [0.15, 0.2) is 30.3 Å². The Kier molecular flexibility index (Phi) is 4.60. The van der Waals surface area contributed by atoms with Gasteiger partial charge in [-0.1, -0.05) is 30.3 Å². The fourth-order valence-electron chi connectivity index (χ4n) is 1.13. The van der Waals surface area contributed by atoms with E-state index in [-0.39, 0.29) is 0 Å². The van der Waals surface area contributed by atoms with Crippen molar-refractivity contribution in [3.63, 3.8) is 0 Å². The molecule has 0 amide bonds. The molecule has 0 aliphatic carbocycles. The van der Waals surface area contributed by atoms with Crippen LogP contribution in [0.5, 0.6) is 0 Å². The molecule has 0 saturated carbocycles. The van der Waals surface area contributed by atoms with E-state index in [1.807, 2.05) is 18.2 Å². The second-order valence-corrected chi connectivity index (χ2v) is 9.57. The molecule has 5 heteroatoms. The lowest BCUT2D eigenvalue weighted by Gasteiger charge is -2.17. The van der Waals surface area contributed by atoms with Crippen LogP contribution in [0.1, 0.15) is 0 Å². The molecule has 1 unspecified atom stereocenters. The van der Waals surface area contributed by atoms with Gasteiger partial charge in [0.1, 0.15) is 10.5 Å². The van der Waals surface area contributed by atoms with E-state index in [4.69, 9.17) is 8.23 Å². The predicted octanol–water partition coefficient (Wildman–Crippen LogP) is -0.589. The minimum absolute atomic E-state index is 0.771. The first-order valence-corrected chi connectivity index (χ1v) is 9.59. The number of hydrogen-bond donors (Lipinski definition) is 0. The van der Waals surface area contributed by atoms with Gasteiger partial charge in [-0.25, -0.2) is 0 Å². The highest BCUT2D eigenvalue weighted by molar-refractivity contribution is 6.71. The lowest BCUT2D eigenvalue weighted by molar-refractivity contribution is 0.473. The maximum absolute atomic E-state index is 5.88. The van der Waals surface area contributed by atoms with Crippen molar-refractivity contribution in [2.45, 2.75) is 13.1 Å². The van der Waals surface area contributed by atoms with E-state index >= 15 is 0 Å². The summed E-state index contributed by atoms with van der Waals surface area (Å²) in [5.41, 5.74) is 0. The minimum atomic E-state index is -1.51. The first-order valence-electron chi connectivity index (χ1n) is 4.47. The highest BCUT2D eigenvalue weighted by Crippen LogP contribution is 1.94. The summed E-state index contributed by atoms with van der Waals surface area (Å²) in [5, 5.41) is 1.26. The molecule has 2 nitrogen and oxygen atoms in total. The van der Waals surface area contributed by atoms with Gasteiger partial charge in [0.15, 0.2) is 9.04 Å². The van der Waals surface area contributed by atoms with Crippen molar-refractivity contribution in [2.24, 2.45) is 0 Å². The maximum atomic E-state index is 5.88. The van der Waals surface area contributed by atoms with Crippen LogP contribution in [-0.4, -0.2) is 28.8 Å². The fraction of sp³-hybridized carbons (Fsp3) is 0.250. The zero-order valence-corrected chi connectivity index (χ0v) is 12.7. The van der Waals surface area contributed by atoms with Crippen LogP contribution in [0, 0.1) is 0 Å². The van der Waals surface area contributed by atoms with E-state index in [9.17, 15) is 0 Å². The third kappa shape index (κ3) is 3.57. The van der Waals surface area contributed by atoms with Crippen molar-refractivity contribution >= 4 is 34.0 Å². The second-order valence-electron chi connectivity index (χ2n) is 3.16. The normalized spacial score (nSPS) is 13.5. The van der Waals surface area contributed by atoms with E-state index in [1.165, 1.54) is 5.19 Å². The molecule has 0 aromatic heterocycles. The van der Waals surface area contributed by atoms with Gasteiger partial charge in [0, 0.05) is 0 Å². The van der Waals surface area contributed by atoms with Gasteiger partial charge in [-0.2, -0.15) is 0 Å². The SMILES string of the molecule is C[SiH](C)O[SiH](O[SiH3])c1ccccc1. The highest BCUT2D eigenvalue weighted by Gasteiger charge is 2.14. The first kappa shape index (κ1) is 10.9. The molecule has 0 N–H and O–H groups in total. The molecular formula is C8H16O2Si3.